The van der Waals surface area contributed by atoms with Gasteiger partial charge >= 0.3 is 6.09 Å². The molecule has 0 radical (unpaired) electrons. The molecule has 0 saturated carbocycles. The summed E-state index contributed by atoms with van der Waals surface area (Å²) in [6.07, 6.45) is 0.635. The third kappa shape index (κ3) is 3.50. The number of nitrogens with zero attached hydrogens (tertiary/aromatic N) is 1. The maximum absolute atomic E-state index is 14.2. The molecule has 118 valence electrons. The van der Waals surface area contributed by atoms with Crippen molar-refractivity contribution >= 4 is 33.6 Å². The second-order valence-corrected chi connectivity index (χ2v) is 6.93. The normalized spacial score (nSPS) is 11.6. The molecule has 0 fully saturated rings. The molecule has 0 saturated heterocycles. The number of halogens is 4. The van der Waals surface area contributed by atoms with E-state index in [1.54, 1.807) is 20.8 Å². The summed E-state index contributed by atoms with van der Waals surface area (Å²) in [6.45, 7) is 5.09. The van der Waals surface area contributed by atoms with Gasteiger partial charge in [0, 0.05) is 10.7 Å². The van der Waals surface area contributed by atoms with Gasteiger partial charge in [-0.15, -0.1) is 0 Å². The fourth-order valence-electron chi connectivity index (χ4n) is 1.85. The highest BCUT2D eigenvalue weighted by atomic mass is 79.9. The largest absolute Gasteiger partial charge is 0.443 e. The number of carbonyl (C=O) groups is 1. The van der Waals surface area contributed by atoms with Gasteiger partial charge in [-0.1, -0.05) is 11.6 Å². The number of ether oxygens (including phenoxy) is 1. The zero-order valence-corrected chi connectivity index (χ0v) is 14.4. The van der Waals surface area contributed by atoms with Crippen LogP contribution in [0.15, 0.2) is 28.9 Å². The Bertz CT molecular complexity index is 738. The fourth-order valence-corrected chi connectivity index (χ4v) is 2.43. The lowest BCUT2D eigenvalue weighted by molar-refractivity contribution is 0.0540. The molecule has 0 amide bonds. The van der Waals surface area contributed by atoms with E-state index in [1.165, 1.54) is 12.3 Å². The molecule has 1 aromatic carbocycles. The SMILES string of the molecule is CC(C)(C)OC(=O)n1cc(Br)cc1-c1c(F)ccc(Cl)c1F. The Labute approximate surface area is 140 Å². The molecule has 0 bridgehead atoms. The first-order valence-corrected chi connectivity index (χ1v) is 7.52. The highest BCUT2D eigenvalue weighted by Gasteiger charge is 2.24. The Morgan fingerprint density at radius 1 is 1.32 bits per heavy atom. The van der Waals surface area contributed by atoms with E-state index in [2.05, 4.69) is 15.9 Å². The minimum absolute atomic E-state index is 0.0126. The molecule has 3 nitrogen and oxygen atoms in total. The summed E-state index contributed by atoms with van der Waals surface area (Å²) in [5, 5.41) is -0.232. The van der Waals surface area contributed by atoms with Crippen molar-refractivity contribution in [3.8, 4) is 11.3 Å². The molecule has 2 rings (SSSR count). The molecule has 0 atom stereocenters. The van der Waals surface area contributed by atoms with E-state index < -0.39 is 23.3 Å². The van der Waals surface area contributed by atoms with E-state index >= 15 is 0 Å². The maximum atomic E-state index is 14.2. The summed E-state index contributed by atoms with van der Waals surface area (Å²) in [7, 11) is 0. The van der Waals surface area contributed by atoms with E-state index in [1.807, 2.05) is 0 Å². The van der Waals surface area contributed by atoms with E-state index in [0.29, 0.717) is 4.47 Å². The first kappa shape index (κ1) is 17.0. The highest BCUT2D eigenvalue weighted by molar-refractivity contribution is 9.10. The van der Waals surface area contributed by atoms with Crippen LogP contribution in [0.4, 0.5) is 13.6 Å². The number of aromatic nitrogens is 1. The van der Waals surface area contributed by atoms with Crippen LogP contribution in [0.5, 0.6) is 0 Å². The molecule has 7 heteroatoms. The van der Waals surface area contributed by atoms with E-state index in [-0.39, 0.29) is 16.3 Å². The molecule has 0 N–H and O–H groups in total. The summed E-state index contributed by atoms with van der Waals surface area (Å²) < 4.78 is 35.0. The van der Waals surface area contributed by atoms with Crippen LogP contribution in [-0.4, -0.2) is 16.3 Å². The summed E-state index contributed by atoms with van der Waals surface area (Å²) in [5.74, 6) is -1.76. The maximum Gasteiger partial charge on any atom is 0.419 e. The fraction of sp³-hybridized carbons (Fsp3) is 0.267. The summed E-state index contributed by atoms with van der Waals surface area (Å²) in [4.78, 5) is 12.2. The van der Waals surface area contributed by atoms with Crippen molar-refractivity contribution in [1.82, 2.24) is 4.57 Å². The van der Waals surface area contributed by atoms with Crippen molar-refractivity contribution < 1.29 is 18.3 Å². The smallest absolute Gasteiger partial charge is 0.419 e. The third-order valence-corrected chi connectivity index (χ3v) is 3.40. The van der Waals surface area contributed by atoms with Crippen molar-refractivity contribution in [3.63, 3.8) is 0 Å². The van der Waals surface area contributed by atoms with Gasteiger partial charge in [0.25, 0.3) is 0 Å². The van der Waals surface area contributed by atoms with E-state index in [9.17, 15) is 13.6 Å². The van der Waals surface area contributed by atoms with Gasteiger partial charge in [0.05, 0.1) is 16.3 Å². The number of benzene rings is 1. The quantitative estimate of drug-likeness (QED) is 0.589. The first-order chi connectivity index (χ1) is 10.1. The van der Waals surface area contributed by atoms with Crippen LogP contribution >= 0.6 is 27.5 Å². The molecular weight excluding hydrogens is 380 g/mol. The Morgan fingerprint density at radius 3 is 2.55 bits per heavy atom. The van der Waals surface area contributed by atoms with Crippen LogP contribution in [0, 0.1) is 11.6 Å². The van der Waals surface area contributed by atoms with Gasteiger partial charge in [0.15, 0.2) is 5.82 Å². The lowest BCUT2D eigenvalue weighted by Crippen LogP contribution is -2.27. The van der Waals surface area contributed by atoms with E-state index in [0.717, 1.165) is 16.7 Å². The Balaban J connectivity index is 2.59. The van der Waals surface area contributed by atoms with Crippen LogP contribution in [0.1, 0.15) is 20.8 Å². The van der Waals surface area contributed by atoms with Gasteiger partial charge in [-0.25, -0.2) is 13.6 Å². The Hall–Kier alpha value is -1.40. The van der Waals surface area contributed by atoms with Gasteiger partial charge < -0.3 is 4.74 Å². The monoisotopic (exact) mass is 391 g/mol. The molecule has 0 spiro atoms. The highest BCUT2D eigenvalue weighted by Crippen LogP contribution is 2.33. The van der Waals surface area contributed by atoms with Gasteiger partial charge in [-0.05, 0) is 54.9 Å². The zero-order valence-electron chi connectivity index (χ0n) is 12.1. The van der Waals surface area contributed by atoms with Crippen LogP contribution in [0.2, 0.25) is 5.02 Å². The van der Waals surface area contributed by atoms with Gasteiger partial charge in [-0.2, -0.15) is 0 Å². The van der Waals surface area contributed by atoms with Crippen molar-refractivity contribution in [2.45, 2.75) is 26.4 Å². The minimum Gasteiger partial charge on any atom is -0.443 e. The molecular formula is C15H13BrClF2NO2. The summed E-state index contributed by atoms with van der Waals surface area (Å²) >= 11 is 8.89. The topological polar surface area (TPSA) is 31.2 Å². The van der Waals surface area contributed by atoms with Crippen molar-refractivity contribution in [2.24, 2.45) is 0 Å². The van der Waals surface area contributed by atoms with Crippen LogP contribution in [0.3, 0.4) is 0 Å². The average Bonchev–Trinajstić information content (AvgIpc) is 2.74. The lowest BCUT2D eigenvalue weighted by Gasteiger charge is -2.20. The lowest BCUT2D eigenvalue weighted by atomic mass is 10.1. The predicted molar refractivity (Wildman–Crippen MR) is 84.1 cm³/mol. The molecule has 1 aromatic heterocycles. The van der Waals surface area contributed by atoms with Crippen molar-refractivity contribution in [1.29, 1.82) is 0 Å². The van der Waals surface area contributed by atoms with Crippen LogP contribution in [-0.2, 0) is 4.74 Å². The molecule has 0 unspecified atom stereocenters. The molecule has 0 aliphatic rings. The van der Waals surface area contributed by atoms with Gasteiger partial charge in [0.1, 0.15) is 11.4 Å². The van der Waals surface area contributed by atoms with Gasteiger partial charge in [-0.3, -0.25) is 4.57 Å². The average molecular weight is 393 g/mol. The van der Waals surface area contributed by atoms with Gasteiger partial charge in [0.2, 0.25) is 0 Å². The molecule has 2 aromatic rings. The van der Waals surface area contributed by atoms with Crippen molar-refractivity contribution in [2.75, 3.05) is 0 Å². The van der Waals surface area contributed by atoms with Crippen LogP contribution < -0.4 is 0 Å². The second-order valence-electron chi connectivity index (χ2n) is 5.61. The predicted octanol–water partition coefficient (Wildman–Crippen LogP) is 5.63. The number of hydrogen-bond acceptors (Lipinski definition) is 2. The Kier molecular flexibility index (Phi) is 4.63. The summed E-state index contributed by atoms with van der Waals surface area (Å²) in [5.41, 5.74) is -1.11. The second kappa shape index (κ2) is 6.01. The number of hydrogen-bond donors (Lipinski definition) is 0. The standard InChI is InChI=1S/C15H13BrClF2NO2/c1-15(2,3)22-14(21)20-7-8(16)6-11(20)12-10(18)5-4-9(17)13(12)19/h4-7H,1-3H3. The van der Waals surface area contributed by atoms with E-state index in [4.69, 9.17) is 16.3 Å². The molecule has 0 aliphatic carbocycles. The summed E-state index contributed by atoms with van der Waals surface area (Å²) in [6, 6.07) is 3.58. The molecule has 1 heterocycles. The Morgan fingerprint density at radius 2 is 1.95 bits per heavy atom. The van der Waals surface area contributed by atoms with Crippen LogP contribution in [0.25, 0.3) is 11.3 Å². The van der Waals surface area contributed by atoms with Crippen molar-refractivity contribution in [3.05, 3.63) is 45.5 Å². The number of rotatable bonds is 1. The molecule has 0 aliphatic heterocycles. The minimum atomic E-state index is -0.933. The molecule has 22 heavy (non-hydrogen) atoms. The zero-order chi connectivity index (χ0) is 16.7. The number of carbonyl (C=O) groups excluding carboxylic acids is 1. The first-order valence-electron chi connectivity index (χ1n) is 6.35. The third-order valence-electron chi connectivity index (χ3n) is 2.68.